The number of aryl methyl sites for hydroxylation is 2. The van der Waals surface area contributed by atoms with Crippen LogP contribution in [0.1, 0.15) is 75.7 Å². The summed E-state index contributed by atoms with van der Waals surface area (Å²) >= 11 is 6.10. The molecule has 3 aromatic rings. The molecule has 2 aliphatic heterocycles. The van der Waals surface area contributed by atoms with Crippen LogP contribution in [0.5, 0.6) is 0 Å². The summed E-state index contributed by atoms with van der Waals surface area (Å²) in [5.74, 6) is -1.13. The van der Waals surface area contributed by atoms with Gasteiger partial charge in [0, 0.05) is 44.1 Å². The van der Waals surface area contributed by atoms with E-state index in [1.54, 1.807) is 0 Å². The van der Waals surface area contributed by atoms with E-state index in [4.69, 9.17) is 11.6 Å². The topological polar surface area (TPSA) is 57.6 Å². The van der Waals surface area contributed by atoms with E-state index >= 15 is 0 Å². The van der Waals surface area contributed by atoms with Crippen LogP contribution in [0.15, 0.2) is 54.7 Å². The van der Waals surface area contributed by atoms with Crippen molar-refractivity contribution in [2.75, 3.05) is 26.2 Å². The molecule has 6 nitrogen and oxygen atoms in total. The van der Waals surface area contributed by atoms with Crippen molar-refractivity contribution in [2.45, 2.75) is 51.1 Å². The van der Waals surface area contributed by atoms with Gasteiger partial charge in [-0.2, -0.15) is 0 Å². The van der Waals surface area contributed by atoms with Crippen molar-refractivity contribution in [3.05, 3.63) is 93.5 Å². The van der Waals surface area contributed by atoms with Crippen LogP contribution < -0.4 is 5.32 Å². The lowest BCUT2D eigenvalue weighted by Crippen LogP contribution is -2.48. The van der Waals surface area contributed by atoms with E-state index in [9.17, 15) is 14.0 Å². The second-order valence-corrected chi connectivity index (χ2v) is 12.2. The molecule has 2 aromatic carbocycles. The molecule has 0 radical (unpaired) electrons. The van der Waals surface area contributed by atoms with Crippen molar-refractivity contribution in [3.63, 3.8) is 0 Å². The summed E-state index contributed by atoms with van der Waals surface area (Å²) in [6, 6.07) is 14.1. The van der Waals surface area contributed by atoms with Gasteiger partial charge >= 0.3 is 0 Å². The highest BCUT2D eigenvalue weighted by atomic mass is 35.5. The number of rotatable bonds is 5. The number of amides is 2. The first kappa shape index (κ1) is 27.0. The van der Waals surface area contributed by atoms with E-state index in [1.807, 2.05) is 23.1 Å². The van der Waals surface area contributed by atoms with E-state index in [0.29, 0.717) is 17.4 Å². The van der Waals surface area contributed by atoms with Gasteiger partial charge in [-0.15, -0.1) is 0 Å². The number of benzene rings is 2. The van der Waals surface area contributed by atoms with Crippen LogP contribution in [0.4, 0.5) is 4.39 Å². The molecule has 1 aromatic heterocycles. The van der Waals surface area contributed by atoms with E-state index in [0.717, 1.165) is 63.1 Å². The Kier molecular flexibility index (Phi) is 7.44. The van der Waals surface area contributed by atoms with Crippen LogP contribution in [0, 0.1) is 11.2 Å². The highest BCUT2D eigenvalue weighted by molar-refractivity contribution is 6.33. The van der Waals surface area contributed by atoms with Crippen molar-refractivity contribution in [3.8, 4) is 0 Å². The van der Waals surface area contributed by atoms with Gasteiger partial charge in [-0.05, 0) is 105 Å². The molecule has 2 amide bonds. The number of aromatic nitrogens is 1. The largest absolute Gasteiger partial charge is 0.353 e. The third-order valence-corrected chi connectivity index (χ3v) is 9.75. The van der Waals surface area contributed by atoms with Gasteiger partial charge in [-0.1, -0.05) is 23.7 Å². The van der Waals surface area contributed by atoms with Crippen LogP contribution in [-0.4, -0.2) is 52.4 Å². The maximum atomic E-state index is 14.3. The summed E-state index contributed by atoms with van der Waals surface area (Å²) in [5, 5.41) is 3.03. The maximum Gasteiger partial charge on any atom is 0.256 e. The van der Waals surface area contributed by atoms with E-state index in [-0.39, 0.29) is 22.5 Å². The standard InChI is InChI=1S/C32H36ClFN4O2/c1-36-15-3-4-24(36)21-37-16-11-32(12-17-37)13-18-38(19-14-32)31(40)23-8-7-22-9-10-28(25(22)20-23)35-30(39)29-26(33)5-2-6-27(29)34/h2-8,15,20,28H,9-14,16-19,21H2,1H3,(H,35,39). The molecule has 1 N–H and O–H groups in total. The smallest absolute Gasteiger partial charge is 0.256 e. The van der Waals surface area contributed by atoms with Crippen LogP contribution in [0.2, 0.25) is 5.02 Å². The number of carbonyl (C=O) groups excluding carboxylic acids is 2. The number of halogens is 2. The molecule has 1 atom stereocenters. The molecule has 3 heterocycles. The average molecular weight is 563 g/mol. The molecule has 40 heavy (non-hydrogen) atoms. The zero-order chi connectivity index (χ0) is 27.9. The third-order valence-electron chi connectivity index (χ3n) is 9.43. The van der Waals surface area contributed by atoms with Crippen LogP contribution in [0.25, 0.3) is 0 Å². The quantitative estimate of drug-likeness (QED) is 0.430. The Balaban J connectivity index is 1.06. The Hall–Kier alpha value is -3.16. The lowest BCUT2D eigenvalue weighted by Gasteiger charge is -2.47. The molecule has 0 bridgehead atoms. The minimum atomic E-state index is -0.642. The summed E-state index contributed by atoms with van der Waals surface area (Å²) < 4.78 is 16.5. The summed E-state index contributed by atoms with van der Waals surface area (Å²) in [5.41, 5.74) is 4.24. The highest BCUT2D eigenvalue weighted by Crippen LogP contribution is 2.42. The average Bonchev–Trinajstić information content (AvgIpc) is 3.55. The molecule has 2 fully saturated rings. The van der Waals surface area contributed by atoms with Gasteiger partial charge in [0.05, 0.1) is 16.6 Å². The normalized spacial score (nSPS) is 20.5. The van der Waals surface area contributed by atoms with Crippen molar-refractivity contribution in [1.82, 2.24) is 19.7 Å². The Morgan fingerprint density at radius 2 is 1.77 bits per heavy atom. The van der Waals surface area contributed by atoms with Crippen LogP contribution >= 0.6 is 11.6 Å². The first-order chi connectivity index (χ1) is 19.3. The van der Waals surface area contributed by atoms with Gasteiger partial charge in [0.15, 0.2) is 0 Å². The molecule has 210 valence electrons. The summed E-state index contributed by atoms with van der Waals surface area (Å²) in [7, 11) is 2.10. The lowest BCUT2D eigenvalue weighted by atomic mass is 9.71. The Labute approximate surface area is 240 Å². The van der Waals surface area contributed by atoms with Crippen LogP contribution in [-0.2, 0) is 20.0 Å². The number of piperidine rings is 2. The Morgan fingerprint density at radius 3 is 2.48 bits per heavy atom. The molecule has 6 rings (SSSR count). The Bertz CT molecular complexity index is 1400. The zero-order valence-electron chi connectivity index (χ0n) is 23.0. The molecule has 3 aliphatic rings. The van der Waals surface area contributed by atoms with Gasteiger partial charge in [0.1, 0.15) is 5.82 Å². The Morgan fingerprint density at radius 1 is 1.02 bits per heavy atom. The molecular weight excluding hydrogens is 527 g/mol. The summed E-state index contributed by atoms with van der Waals surface area (Å²) in [6.07, 6.45) is 8.07. The molecular formula is C32H36ClFN4O2. The third kappa shape index (κ3) is 5.29. The predicted molar refractivity (Wildman–Crippen MR) is 154 cm³/mol. The predicted octanol–water partition coefficient (Wildman–Crippen LogP) is 5.75. The fourth-order valence-corrected chi connectivity index (χ4v) is 7.02. The molecule has 8 heteroatoms. The van der Waals surface area contributed by atoms with Crippen molar-refractivity contribution in [2.24, 2.45) is 12.5 Å². The minimum Gasteiger partial charge on any atom is -0.353 e. The monoisotopic (exact) mass is 562 g/mol. The zero-order valence-corrected chi connectivity index (χ0v) is 23.7. The number of nitrogens with one attached hydrogen (secondary N) is 1. The van der Waals surface area contributed by atoms with E-state index in [2.05, 4.69) is 40.2 Å². The molecule has 1 unspecified atom stereocenters. The second kappa shape index (κ2) is 11.0. The van der Waals surface area contributed by atoms with Gasteiger partial charge in [0.2, 0.25) is 0 Å². The fraction of sp³-hybridized carbons (Fsp3) is 0.438. The van der Waals surface area contributed by atoms with Crippen molar-refractivity contribution in [1.29, 1.82) is 0 Å². The molecule has 1 aliphatic carbocycles. The first-order valence-corrected chi connectivity index (χ1v) is 14.7. The number of carbonyl (C=O) groups is 2. The van der Waals surface area contributed by atoms with Gasteiger partial charge in [-0.3, -0.25) is 14.5 Å². The van der Waals surface area contributed by atoms with Gasteiger partial charge in [-0.25, -0.2) is 4.39 Å². The molecule has 1 spiro atoms. The first-order valence-electron chi connectivity index (χ1n) is 14.3. The van der Waals surface area contributed by atoms with Gasteiger partial charge in [0.25, 0.3) is 11.8 Å². The van der Waals surface area contributed by atoms with E-state index < -0.39 is 11.7 Å². The minimum absolute atomic E-state index is 0.0490. The highest BCUT2D eigenvalue weighted by Gasteiger charge is 2.39. The van der Waals surface area contributed by atoms with Crippen molar-refractivity contribution >= 4 is 23.4 Å². The summed E-state index contributed by atoms with van der Waals surface area (Å²) in [4.78, 5) is 30.9. The van der Waals surface area contributed by atoms with Gasteiger partial charge < -0.3 is 14.8 Å². The lowest BCUT2D eigenvalue weighted by molar-refractivity contribution is 0.0281. The fourth-order valence-electron chi connectivity index (χ4n) is 6.77. The second-order valence-electron chi connectivity index (χ2n) is 11.8. The van der Waals surface area contributed by atoms with Crippen LogP contribution in [0.3, 0.4) is 0 Å². The summed E-state index contributed by atoms with van der Waals surface area (Å²) in [6.45, 7) is 4.76. The number of hydrogen-bond acceptors (Lipinski definition) is 3. The molecule has 0 saturated carbocycles. The van der Waals surface area contributed by atoms with E-state index in [1.165, 1.54) is 36.7 Å². The molecule has 2 saturated heterocycles. The van der Waals surface area contributed by atoms with Crippen molar-refractivity contribution < 1.29 is 14.0 Å². The number of likely N-dealkylation sites (tertiary alicyclic amines) is 2. The number of fused-ring (bicyclic) bond motifs is 1. The maximum absolute atomic E-state index is 14.3. The number of hydrogen-bond donors (Lipinski definition) is 1. The SMILES string of the molecule is Cn1cccc1CN1CCC2(CC1)CCN(C(=O)c1ccc3c(c1)C(NC(=O)c1c(F)cccc1Cl)CC3)CC2. The number of nitrogens with zero attached hydrogens (tertiary/aromatic N) is 3.